The Morgan fingerprint density at radius 1 is 1.23 bits per heavy atom. The summed E-state index contributed by atoms with van der Waals surface area (Å²) >= 11 is 0. The third-order valence-electron chi connectivity index (χ3n) is 8.35. The molecule has 3 aromatic rings. The maximum Gasteiger partial charge on any atom is 0.325 e. The number of likely N-dealkylation sites (tertiary alicyclic amines) is 1. The summed E-state index contributed by atoms with van der Waals surface area (Å²) in [4.78, 5) is 19.3. The maximum absolute atomic E-state index is 12.5. The smallest absolute Gasteiger partial charge is 0.325 e. The molecule has 2 N–H and O–H groups in total. The Bertz CT molecular complexity index is 1310. The van der Waals surface area contributed by atoms with Crippen molar-refractivity contribution in [2.45, 2.75) is 70.1 Å². The van der Waals surface area contributed by atoms with E-state index in [4.69, 9.17) is 19.6 Å². The van der Waals surface area contributed by atoms with Crippen LogP contribution in [0.25, 0.3) is 10.9 Å². The summed E-state index contributed by atoms with van der Waals surface area (Å²) in [5.74, 6) is 0.236. The molecule has 0 spiro atoms. The number of nitrogens with one attached hydrogen (secondary N) is 1. The zero-order valence-electron chi connectivity index (χ0n) is 22.8. The van der Waals surface area contributed by atoms with Crippen molar-refractivity contribution in [1.29, 1.82) is 0 Å². The number of carbonyl (C=O) groups is 1. The lowest BCUT2D eigenvalue weighted by atomic mass is 9.97. The van der Waals surface area contributed by atoms with Crippen LogP contribution in [0, 0.1) is 6.92 Å². The van der Waals surface area contributed by atoms with Crippen LogP contribution in [0.5, 0.6) is 0 Å². The lowest BCUT2D eigenvalue weighted by Gasteiger charge is -2.42. The van der Waals surface area contributed by atoms with E-state index in [0.29, 0.717) is 32.9 Å². The molecule has 5 heterocycles. The number of unbranched alkanes of at least 4 members (excludes halogenated alkanes) is 2. The summed E-state index contributed by atoms with van der Waals surface area (Å²) < 4.78 is 13.7. The van der Waals surface area contributed by atoms with Crippen LogP contribution in [0.1, 0.15) is 66.7 Å². The molecule has 208 valence electrons. The number of benzene rings is 1. The molecule has 39 heavy (non-hydrogen) atoms. The topological polar surface area (TPSA) is 102 Å². The average Bonchev–Trinajstić information content (AvgIpc) is 3.57. The monoisotopic (exact) mass is 533 g/mol. The molecule has 2 atom stereocenters. The van der Waals surface area contributed by atoms with Gasteiger partial charge in [0.1, 0.15) is 11.9 Å². The largest absolute Gasteiger partial charge is 0.480 e. The molecule has 3 aliphatic heterocycles. The van der Waals surface area contributed by atoms with Crippen molar-refractivity contribution in [2.24, 2.45) is 0 Å². The lowest BCUT2D eigenvalue weighted by Crippen LogP contribution is -2.55. The Morgan fingerprint density at radius 2 is 2.13 bits per heavy atom. The first-order valence-electron chi connectivity index (χ1n) is 14.4. The van der Waals surface area contributed by atoms with Crippen LogP contribution in [0.2, 0.25) is 0 Å². The van der Waals surface area contributed by atoms with Gasteiger partial charge in [-0.25, -0.2) is 4.98 Å². The van der Waals surface area contributed by atoms with E-state index in [1.807, 2.05) is 34.7 Å². The van der Waals surface area contributed by atoms with Crippen molar-refractivity contribution in [3.05, 3.63) is 52.8 Å². The second-order valence-electron chi connectivity index (χ2n) is 11.1. The number of carboxylic acids is 1. The molecule has 1 aromatic carbocycles. The molecular weight excluding hydrogens is 494 g/mol. The van der Waals surface area contributed by atoms with E-state index in [-0.39, 0.29) is 12.1 Å². The predicted octanol–water partition coefficient (Wildman–Crippen LogP) is 4.30. The molecule has 2 saturated heterocycles. The average molecular weight is 534 g/mol. The highest BCUT2D eigenvalue weighted by molar-refractivity contribution is 5.90. The first-order chi connectivity index (χ1) is 19.1. The van der Waals surface area contributed by atoms with Crippen LogP contribution in [0.4, 0.5) is 5.82 Å². The Balaban J connectivity index is 1.000. The molecule has 0 aliphatic carbocycles. The third kappa shape index (κ3) is 5.53. The number of hydrogen-bond acceptors (Lipinski definition) is 7. The van der Waals surface area contributed by atoms with Gasteiger partial charge in [0.2, 0.25) is 0 Å². The molecule has 1 unspecified atom stereocenters. The van der Waals surface area contributed by atoms with Gasteiger partial charge in [0.15, 0.2) is 0 Å². The van der Waals surface area contributed by atoms with Crippen molar-refractivity contribution in [3.63, 3.8) is 0 Å². The standard InChI is InChI=1S/C30H39N5O4/c1-20-25-9-5-10-26(27(25)35(33-20)23-13-16-38-19-23)28(30(36)37)34-17-24(18-34)39-15-4-2-3-8-22-12-11-21-7-6-14-31-29(21)32-22/h5,9-12,23-24,28H,2-4,6-8,13-19H2,1H3,(H,31,32)(H,36,37)/t23-,28?/m0/s1. The molecule has 0 saturated carbocycles. The molecule has 3 aliphatic rings. The van der Waals surface area contributed by atoms with Crippen molar-refractivity contribution in [3.8, 4) is 0 Å². The Labute approximate surface area is 229 Å². The van der Waals surface area contributed by atoms with Gasteiger partial charge < -0.3 is 19.9 Å². The third-order valence-corrected chi connectivity index (χ3v) is 8.35. The van der Waals surface area contributed by atoms with E-state index in [1.54, 1.807) is 0 Å². The summed E-state index contributed by atoms with van der Waals surface area (Å²) in [6, 6.07) is 9.73. The number of hydrogen-bond donors (Lipinski definition) is 2. The van der Waals surface area contributed by atoms with E-state index in [0.717, 1.165) is 78.7 Å². The first kappa shape index (κ1) is 26.2. The van der Waals surface area contributed by atoms with Crippen molar-refractivity contribution in [1.82, 2.24) is 19.7 Å². The van der Waals surface area contributed by atoms with Crippen LogP contribution in [-0.2, 0) is 27.1 Å². The first-order valence-corrected chi connectivity index (χ1v) is 14.4. The van der Waals surface area contributed by atoms with Crippen LogP contribution in [0.15, 0.2) is 30.3 Å². The second-order valence-corrected chi connectivity index (χ2v) is 11.1. The minimum Gasteiger partial charge on any atom is -0.480 e. The molecule has 6 rings (SSSR count). The van der Waals surface area contributed by atoms with Crippen LogP contribution in [-0.4, -0.2) is 76.3 Å². The number of ether oxygens (including phenoxy) is 2. The van der Waals surface area contributed by atoms with Gasteiger partial charge in [-0.05, 0) is 57.1 Å². The lowest BCUT2D eigenvalue weighted by molar-refractivity contribution is -0.150. The summed E-state index contributed by atoms with van der Waals surface area (Å²) in [6.45, 7) is 6.29. The van der Waals surface area contributed by atoms with Gasteiger partial charge in [0, 0.05) is 49.5 Å². The van der Waals surface area contributed by atoms with Crippen molar-refractivity contribution >= 4 is 22.7 Å². The highest BCUT2D eigenvalue weighted by atomic mass is 16.5. The number of aromatic nitrogens is 3. The quantitative estimate of drug-likeness (QED) is 0.352. The van der Waals surface area contributed by atoms with Gasteiger partial charge in [0.05, 0.1) is 30.0 Å². The number of aryl methyl sites for hydroxylation is 3. The van der Waals surface area contributed by atoms with Crippen LogP contribution < -0.4 is 5.32 Å². The molecule has 9 heteroatoms. The van der Waals surface area contributed by atoms with Gasteiger partial charge in [-0.3, -0.25) is 14.4 Å². The Morgan fingerprint density at radius 3 is 2.95 bits per heavy atom. The van der Waals surface area contributed by atoms with Gasteiger partial charge in [-0.1, -0.05) is 30.7 Å². The Hall–Kier alpha value is -3.01. The van der Waals surface area contributed by atoms with Crippen molar-refractivity contribution in [2.75, 3.05) is 44.8 Å². The summed E-state index contributed by atoms with van der Waals surface area (Å²) in [6.07, 6.45) is 7.45. The zero-order valence-corrected chi connectivity index (χ0v) is 22.8. The van der Waals surface area contributed by atoms with Gasteiger partial charge in [0.25, 0.3) is 0 Å². The summed E-state index contributed by atoms with van der Waals surface area (Å²) in [5.41, 5.74) is 5.14. The highest BCUT2D eigenvalue weighted by Gasteiger charge is 2.39. The van der Waals surface area contributed by atoms with Crippen LogP contribution in [0.3, 0.4) is 0 Å². The number of pyridine rings is 1. The number of rotatable bonds is 11. The fourth-order valence-corrected chi connectivity index (χ4v) is 6.19. The minimum atomic E-state index is -0.833. The second kappa shape index (κ2) is 11.6. The van der Waals surface area contributed by atoms with E-state index in [2.05, 4.69) is 17.4 Å². The zero-order chi connectivity index (χ0) is 26.8. The van der Waals surface area contributed by atoms with E-state index in [9.17, 15) is 9.90 Å². The van der Waals surface area contributed by atoms with Crippen LogP contribution >= 0.6 is 0 Å². The molecular formula is C30H39N5O4. The SMILES string of the molecule is Cc1nn([C@H]2CCOC2)c2c(C(C(=O)O)N3CC(OCCCCCc4ccc5c(n4)NCCC5)C3)cccc12. The predicted molar refractivity (Wildman–Crippen MR) is 149 cm³/mol. The molecule has 0 bridgehead atoms. The molecule has 2 aromatic heterocycles. The number of aliphatic carboxylic acids is 1. The van der Waals surface area contributed by atoms with E-state index >= 15 is 0 Å². The number of nitrogens with zero attached hydrogens (tertiary/aromatic N) is 4. The molecule has 0 amide bonds. The van der Waals surface area contributed by atoms with Gasteiger partial charge in [-0.2, -0.15) is 5.10 Å². The number of fused-ring (bicyclic) bond motifs is 2. The molecule has 0 radical (unpaired) electrons. The fourth-order valence-electron chi connectivity index (χ4n) is 6.19. The van der Waals surface area contributed by atoms with E-state index < -0.39 is 12.0 Å². The van der Waals surface area contributed by atoms with Gasteiger partial charge >= 0.3 is 5.97 Å². The number of para-hydroxylation sites is 1. The normalized spacial score (nSPS) is 20.5. The van der Waals surface area contributed by atoms with Gasteiger partial charge in [-0.15, -0.1) is 0 Å². The maximum atomic E-state index is 12.5. The summed E-state index contributed by atoms with van der Waals surface area (Å²) in [7, 11) is 0. The number of carboxylic acid groups (broad SMARTS) is 1. The summed E-state index contributed by atoms with van der Waals surface area (Å²) in [5, 5.41) is 19.5. The number of anilines is 1. The minimum absolute atomic E-state index is 0.0781. The highest BCUT2D eigenvalue weighted by Crippen LogP contribution is 2.35. The fraction of sp³-hybridized carbons (Fsp3) is 0.567. The molecule has 9 nitrogen and oxygen atoms in total. The Kier molecular flexibility index (Phi) is 7.81. The van der Waals surface area contributed by atoms with Crippen molar-refractivity contribution < 1.29 is 19.4 Å². The van der Waals surface area contributed by atoms with E-state index in [1.165, 1.54) is 12.0 Å². The molecule has 2 fully saturated rings.